The maximum absolute atomic E-state index is 14.5. The van der Waals surface area contributed by atoms with Gasteiger partial charge < -0.3 is 20.7 Å². The Labute approximate surface area is 312 Å². The first-order chi connectivity index (χ1) is 23.8. The van der Waals surface area contributed by atoms with E-state index in [0.29, 0.717) is 45.5 Å². The number of hydrogen-bond acceptors (Lipinski definition) is 10. The van der Waals surface area contributed by atoms with Gasteiger partial charge in [-0.25, -0.2) is 9.79 Å². The minimum Gasteiger partial charge on any atom is -0.461 e. The van der Waals surface area contributed by atoms with Gasteiger partial charge in [-0.05, 0) is 62.3 Å². The van der Waals surface area contributed by atoms with E-state index < -0.39 is 48.5 Å². The Balaban J connectivity index is 1.66. The summed E-state index contributed by atoms with van der Waals surface area (Å²) >= 11 is 8.06. The van der Waals surface area contributed by atoms with Crippen LogP contribution >= 0.6 is 45.0 Å². The zero-order valence-corrected chi connectivity index (χ0v) is 32.6. The third-order valence-electron chi connectivity index (χ3n) is 8.25. The first-order valence-electron chi connectivity index (χ1n) is 16.8. The fourth-order valence-corrected chi connectivity index (χ4v) is 8.77. The molecule has 3 atom stereocenters. The van der Waals surface area contributed by atoms with Crippen LogP contribution in [0.4, 0.5) is 5.69 Å². The number of carbonyl (C=O) groups excluding carboxylic acids is 4. The summed E-state index contributed by atoms with van der Waals surface area (Å²) in [5.74, 6) is -1.11. The van der Waals surface area contributed by atoms with E-state index >= 15 is 0 Å². The molecule has 1 aliphatic carbocycles. The van der Waals surface area contributed by atoms with Crippen molar-refractivity contribution in [3.05, 3.63) is 64.7 Å². The lowest BCUT2D eigenvalue weighted by Gasteiger charge is -2.31. The second kappa shape index (κ2) is 18.7. The summed E-state index contributed by atoms with van der Waals surface area (Å²) in [4.78, 5) is 62.8. The second-order valence-electron chi connectivity index (χ2n) is 13.4. The van der Waals surface area contributed by atoms with Gasteiger partial charge >= 0.3 is 5.97 Å². The Morgan fingerprint density at radius 1 is 1.12 bits per heavy atom. The molecule has 1 aliphatic heterocycles. The van der Waals surface area contributed by atoms with Gasteiger partial charge in [0.25, 0.3) is 5.91 Å². The number of nitrogens with zero attached hydrogens (tertiary/aromatic N) is 3. The van der Waals surface area contributed by atoms with Crippen LogP contribution in [0.2, 0.25) is 5.02 Å². The molecule has 0 aromatic heterocycles. The van der Waals surface area contributed by atoms with Crippen molar-refractivity contribution in [2.45, 2.75) is 88.4 Å². The van der Waals surface area contributed by atoms with E-state index in [0.717, 1.165) is 32.1 Å². The van der Waals surface area contributed by atoms with Crippen LogP contribution in [-0.4, -0.2) is 94.8 Å². The smallest absolute Gasteiger partial charge is 0.328 e. The summed E-state index contributed by atoms with van der Waals surface area (Å²) in [6.45, 7) is 5.80. The average molecular weight is 762 g/mol. The Hall–Kier alpha value is -2.71. The fraction of sp³-hybridized carbons (Fsp3) is 0.528. The highest BCUT2D eigenvalue weighted by Gasteiger charge is 2.39. The molecule has 272 valence electrons. The number of likely N-dealkylation sites (N-methyl/N-ethyl adjacent to an activating group) is 1. The van der Waals surface area contributed by atoms with Crippen molar-refractivity contribution in [1.82, 2.24) is 10.2 Å². The summed E-state index contributed by atoms with van der Waals surface area (Å²) in [6.07, 6.45) is 5.56. The van der Waals surface area contributed by atoms with Crippen LogP contribution in [-0.2, 0) is 23.9 Å². The van der Waals surface area contributed by atoms with Gasteiger partial charge in [-0.15, -0.1) is 0 Å². The van der Waals surface area contributed by atoms with E-state index in [2.05, 4.69) is 26.1 Å². The molecule has 14 heteroatoms. The summed E-state index contributed by atoms with van der Waals surface area (Å²) < 4.78 is 5.80. The number of rotatable bonds is 14. The lowest BCUT2D eigenvalue weighted by molar-refractivity contribution is -0.154. The Morgan fingerprint density at radius 3 is 2.48 bits per heavy atom. The Morgan fingerprint density at radius 2 is 1.82 bits per heavy atom. The topological polar surface area (TPSA) is 134 Å². The zero-order chi connectivity index (χ0) is 36.4. The van der Waals surface area contributed by atoms with Gasteiger partial charge in [0.15, 0.2) is 0 Å². The number of carbonyl (C=O) groups is 4. The molecule has 0 bridgehead atoms. The van der Waals surface area contributed by atoms with Crippen LogP contribution in [0, 0.1) is 0 Å². The van der Waals surface area contributed by atoms with Crippen molar-refractivity contribution in [2.75, 3.05) is 36.3 Å². The van der Waals surface area contributed by atoms with Gasteiger partial charge in [-0.3, -0.25) is 19.3 Å². The summed E-state index contributed by atoms with van der Waals surface area (Å²) in [5, 5.41) is 3.25. The van der Waals surface area contributed by atoms with Crippen molar-refractivity contribution >= 4 is 80.0 Å². The molecule has 0 saturated heterocycles. The molecule has 4 rings (SSSR count). The lowest BCUT2D eigenvalue weighted by Crippen LogP contribution is -2.55. The fourth-order valence-electron chi connectivity index (χ4n) is 5.71. The molecule has 1 fully saturated rings. The molecule has 2 unspecified atom stereocenters. The second-order valence-corrected chi connectivity index (χ2v) is 18.0. The normalized spacial score (nSPS) is 18.0. The SMILES string of the molecule is CSCC[C@H](NC(=O)CN1C(=O)C(N(C)C(=O)C(N)CSSC(C)(C)C)N=C(c2ccccc2)c2cc(Cl)ccc21)C(=O)OC1CCCCC1. The molecule has 1 saturated carbocycles. The molecule has 0 radical (unpaired) electrons. The number of ether oxygens (including phenoxy) is 1. The number of esters is 1. The minimum atomic E-state index is -1.34. The van der Waals surface area contributed by atoms with Gasteiger partial charge in [0, 0.05) is 33.7 Å². The number of anilines is 1. The summed E-state index contributed by atoms with van der Waals surface area (Å²) in [6, 6.07) is 12.5. The van der Waals surface area contributed by atoms with E-state index in [-0.39, 0.29) is 10.9 Å². The summed E-state index contributed by atoms with van der Waals surface area (Å²) in [5.41, 5.74) is 8.42. The van der Waals surface area contributed by atoms with Crippen LogP contribution in [0.15, 0.2) is 53.5 Å². The molecule has 1 heterocycles. The minimum absolute atomic E-state index is 0.0272. The number of aliphatic imine (C=N–C) groups is 1. The quantitative estimate of drug-likeness (QED) is 0.178. The monoisotopic (exact) mass is 761 g/mol. The molecular weight excluding hydrogens is 714 g/mol. The Bertz CT molecular complexity index is 1530. The van der Waals surface area contributed by atoms with Gasteiger partial charge in [-0.1, -0.05) is 90.7 Å². The van der Waals surface area contributed by atoms with Crippen molar-refractivity contribution in [3.8, 4) is 0 Å². The number of fused-ring (bicyclic) bond motifs is 1. The van der Waals surface area contributed by atoms with E-state index in [1.165, 1.54) is 27.6 Å². The predicted molar refractivity (Wildman–Crippen MR) is 208 cm³/mol. The Kier molecular flexibility index (Phi) is 15.0. The van der Waals surface area contributed by atoms with Crippen LogP contribution < -0.4 is 16.0 Å². The zero-order valence-electron chi connectivity index (χ0n) is 29.4. The molecule has 3 N–H and O–H groups in total. The van der Waals surface area contributed by atoms with Crippen molar-refractivity contribution in [1.29, 1.82) is 0 Å². The molecule has 2 aromatic rings. The van der Waals surface area contributed by atoms with Crippen molar-refractivity contribution < 1.29 is 23.9 Å². The number of benzene rings is 2. The largest absolute Gasteiger partial charge is 0.461 e. The third-order valence-corrected chi connectivity index (χ3v) is 12.5. The highest BCUT2D eigenvalue weighted by Crippen LogP contribution is 2.36. The van der Waals surface area contributed by atoms with Gasteiger partial charge in [0.1, 0.15) is 18.7 Å². The first-order valence-corrected chi connectivity index (χ1v) is 20.9. The van der Waals surface area contributed by atoms with Crippen LogP contribution in [0.25, 0.3) is 0 Å². The van der Waals surface area contributed by atoms with Gasteiger partial charge in [0.05, 0.1) is 17.4 Å². The van der Waals surface area contributed by atoms with E-state index in [1.54, 1.807) is 40.8 Å². The van der Waals surface area contributed by atoms with Gasteiger partial charge in [0.2, 0.25) is 18.0 Å². The van der Waals surface area contributed by atoms with E-state index in [1.807, 2.05) is 36.6 Å². The molecule has 50 heavy (non-hydrogen) atoms. The molecule has 0 spiro atoms. The number of benzodiazepines with no additional fused rings is 1. The number of nitrogens with one attached hydrogen (secondary N) is 1. The molecule has 3 amide bonds. The highest BCUT2D eigenvalue weighted by atomic mass is 35.5. The molecule has 2 aliphatic rings. The van der Waals surface area contributed by atoms with Crippen molar-refractivity contribution in [3.63, 3.8) is 0 Å². The molecule has 10 nitrogen and oxygen atoms in total. The maximum atomic E-state index is 14.5. The molecule has 2 aromatic carbocycles. The average Bonchev–Trinajstić information content (AvgIpc) is 3.19. The van der Waals surface area contributed by atoms with Crippen LogP contribution in [0.1, 0.15) is 70.4 Å². The first kappa shape index (κ1) is 40.1. The third kappa shape index (κ3) is 11.1. The van der Waals surface area contributed by atoms with E-state index in [4.69, 9.17) is 27.1 Å². The number of amides is 3. The van der Waals surface area contributed by atoms with Gasteiger partial charge in [-0.2, -0.15) is 11.8 Å². The van der Waals surface area contributed by atoms with Crippen LogP contribution in [0.5, 0.6) is 0 Å². The predicted octanol–water partition coefficient (Wildman–Crippen LogP) is 5.93. The number of thioether (sulfide) groups is 1. The number of halogens is 1. The number of nitrogens with two attached hydrogens (primary N) is 1. The number of hydrogen-bond donors (Lipinski definition) is 2. The van der Waals surface area contributed by atoms with Crippen LogP contribution in [0.3, 0.4) is 0 Å². The lowest BCUT2D eigenvalue weighted by atomic mass is 9.98. The maximum Gasteiger partial charge on any atom is 0.328 e. The summed E-state index contributed by atoms with van der Waals surface area (Å²) in [7, 11) is 4.61. The molecular formula is C36H48ClN5O5S3. The highest BCUT2D eigenvalue weighted by molar-refractivity contribution is 8.77. The van der Waals surface area contributed by atoms with E-state index in [9.17, 15) is 19.2 Å². The van der Waals surface area contributed by atoms with Crippen molar-refractivity contribution in [2.24, 2.45) is 10.7 Å². The standard InChI is InChI=1S/C36H48ClN5O5S3/c1-36(2,3)50-49-22-27(38)33(44)41(4)32-34(45)42(29-17-16-24(37)20-26(29)31(40-32)23-12-8-6-9-13-23)21-30(43)39-28(18-19-48-5)35(46)47-25-14-10-7-11-15-25/h6,8-9,12-13,16-17,20,25,27-28,32H,7,10-11,14-15,18-19,21-22,38H2,1-5H3,(H,39,43)/t27?,28-,32?/m0/s1.